The second-order valence-electron chi connectivity index (χ2n) is 4.04. The molecule has 0 saturated carbocycles. The van der Waals surface area contributed by atoms with Gasteiger partial charge in [0.2, 0.25) is 0 Å². The molecule has 1 aliphatic rings. The molecule has 1 nitrogen and oxygen atoms in total. The molecule has 1 aliphatic heterocycles. The zero-order chi connectivity index (χ0) is 10.9. The van der Waals surface area contributed by atoms with Crippen molar-refractivity contribution in [2.75, 3.05) is 13.1 Å². The van der Waals surface area contributed by atoms with Crippen molar-refractivity contribution in [2.24, 2.45) is 0 Å². The average Bonchev–Trinajstić information content (AvgIpc) is 2.16. The van der Waals surface area contributed by atoms with Crippen LogP contribution in [-0.4, -0.2) is 13.1 Å². The van der Waals surface area contributed by atoms with Crippen LogP contribution < -0.4 is 5.32 Å². The summed E-state index contributed by atoms with van der Waals surface area (Å²) in [5.41, 5.74) is 1.17. The zero-order valence-corrected chi connectivity index (χ0v) is 8.76. The van der Waals surface area contributed by atoms with Gasteiger partial charge in [0.05, 0.1) is 0 Å². The molecule has 1 aromatic carbocycles. The van der Waals surface area contributed by atoms with Crippen LogP contribution in [0.2, 0.25) is 0 Å². The van der Waals surface area contributed by atoms with Gasteiger partial charge in [0, 0.05) is 31.0 Å². The molecule has 0 aliphatic carbocycles. The number of rotatable bonds is 3. The minimum atomic E-state index is -2.69. The van der Waals surface area contributed by atoms with Crippen molar-refractivity contribution in [3.63, 3.8) is 0 Å². The van der Waals surface area contributed by atoms with Crippen LogP contribution in [0, 0.1) is 0 Å². The topological polar surface area (TPSA) is 12.0 Å². The molecule has 1 saturated heterocycles. The van der Waals surface area contributed by atoms with Crippen molar-refractivity contribution in [1.82, 2.24) is 5.32 Å². The molecule has 1 N–H and O–H groups in total. The van der Waals surface area contributed by atoms with Crippen molar-refractivity contribution >= 4 is 0 Å². The molecule has 1 fully saturated rings. The smallest absolute Gasteiger partial charge is 0.273 e. The summed E-state index contributed by atoms with van der Waals surface area (Å²) >= 11 is 0. The van der Waals surface area contributed by atoms with E-state index in [9.17, 15) is 8.78 Å². The van der Waals surface area contributed by atoms with E-state index in [1.807, 2.05) is 6.07 Å². The van der Waals surface area contributed by atoms with Gasteiger partial charge in [-0.25, -0.2) is 8.78 Å². The van der Waals surface area contributed by atoms with Gasteiger partial charge in [-0.15, -0.1) is 0 Å². The van der Waals surface area contributed by atoms with Gasteiger partial charge in [-0.05, 0) is 11.6 Å². The van der Waals surface area contributed by atoms with Gasteiger partial charge in [0.25, 0.3) is 5.92 Å². The number of halogens is 2. The van der Waals surface area contributed by atoms with E-state index >= 15 is 0 Å². The summed E-state index contributed by atoms with van der Waals surface area (Å²) < 4.78 is 26.9. The number of nitrogens with one attached hydrogen (secondary N) is 1. The minimum absolute atomic E-state index is 0.140. The second-order valence-corrected chi connectivity index (χ2v) is 4.04. The molecular weight excluding hydrogens is 196 g/mol. The summed E-state index contributed by atoms with van der Waals surface area (Å²) in [5.74, 6) is -2.27. The van der Waals surface area contributed by atoms with Crippen LogP contribution in [0.25, 0.3) is 0 Å². The highest BCUT2D eigenvalue weighted by Gasteiger charge is 2.30. The quantitative estimate of drug-likeness (QED) is 0.810. The van der Waals surface area contributed by atoms with E-state index in [2.05, 4.69) is 5.32 Å². The normalized spacial score (nSPS) is 17.5. The summed E-state index contributed by atoms with van der Waals surface area (Å²) in [6, 6.07) is 6.82. The van der Waals surface area contributed by atoms with Crippen molar-refractivity contribution in [2.45, 2.75) is 25.2 Å². The molecule has 0 unspecified atom stereocenters. The van der Waals surface area contributed by atoms with E-state index in [-0.39, 0.29) is 12.0 Å². The summed E-state index contributed by atoms with van der Waals surface area (Å²) in [7, 11) is 0. The van der Waals surface area contributed by atoms with Gasteiger partial charge in [0.15, 0.2) is 0 Å². The van der Waals surface area contributed by atoms with Crippen LogP contribution in [-0.2, 0) is 5.92 Å². The lowest BCUT2D eigenvalue weighted by Gasteiger charge is -2.28. The fourth-order valence-corrected chi connectivity index (χ4v) is 1.75. The first-order chi connectivity index (χ1) is 7.13. The van der Waals surface area contributed by atoms with E-state index < -0.39 is 5.92 Å². The lowest BCUT2D eigenvalue weighted by atomic mass is 9.91. The number of hydrogen-bond acceptors (Lipinski definition) is 1. The lowest BCUT2D eigenvalue weighted by molar-refractivity contribution is -0.00839. The van der Waals surface area contributed by atoms with E-state index in [1.54, 1.807) is 12.1 Å². The minimum Gasteiger partial charge on any atom is -0.315 e. The van der Waals surface area contributed by atoms with E-state index in [0.29, 0.717) is 5.92 Å². The number of hydrogen-bond donors (Lipinski definition) is 1. The Kier molecular flexibility index (Phi) is 2.74. The Morgan fingerprint density at radius 2 is 2.13 bits per heavy atom. The standard InChI is InChI=1S/C12H15F2N/c1-2-12(13,14)11-5-3-4-9(6-11)10-7-15-8-10/h3-6,10,15H,2,7-8H2,1H3. The van der Waals surface area contributed by atoms with E-state index in [4.69, 9.17) is 0 Å². The summed E-state index contributed by atoms with van der Waals surface area (Å²) in [5, 5.41) is 3.14. The van der Waals surface area contributed by atoms with Gasteiger partial charge in [0.1, 0.15) is 0 Å². The Bertz CT molecular complexity index is 345. The van der Waals surface area contributed by atoms with Crippen LogP contribution >= 0.6 is 0 Å². The summed E-state index contributed by atoms with van der Waals surface area (Å²) in [6.45, 7) is 3.32. The highest BCUT2D eigenvalue weighted by molar-refractivity contribution is 5.30. The van der Waals surface area contributed by atoms with Crippen molar-refractivity contribution in [3.05, 3.63) is 35.4 Å². The Labute approximate surface area is 88.5 Å². The third-order valence-corrected chi connectivity index (χ3v) is 3.01. The second kappa shape index (κ2) is 3.89. The number of alkyl halides is 2. The third kappa shape index (κ3) is 2.02. The molecule has 0 atom stereocenters. The molecule has 3 heteroatoms. The molecule has 0 radical (unpaired) electrons. The van der Waals surface area contributed by atoms with Crippen LogP contribution in [0.4, 0.5) is 8.78 Å². The molecule has 0 amide bonds. The predicted octanol–water partition coefficient (Wildman–Crippen LogP) is 2.88. The van der Waals surface area contributed by atoms with E-state index in [1.165, 1.54) is 13.0 Å². The van der Waals surface area contributed by atoms with Gasteiger partial charge in [-0.1, -0.05) is 25.1 Å². The maximum atomic E-state index is 13.4. The van der Waals surface area contributed by atoms with E-state index in [0.717, 1.165) is 18.7 Å². The van der Waals surface area contributed by atoms with Gasteiger partial charge in [-0.2, -0.15) is 0 Å². The van der Waals surface area contributed by atoms with Crippen molar-refractivity contribution in [3.8, 4) is 0 Å². The predicted molar refractivity (Wildman–Crippen MR) is 56.2 cm³/mol. The molecule has 1 aromatic rings. The average molecular weight is 211 g/mol. The third-order valence-electron chi connectivity index (χ3n) is 3.01. The zero-order valence-electron chi connectivity index (χ0n) is 8.76. The van der Waals surface area contributed by atoms with Crippen LogP contribution in [0.1, 0.15) is 30.4 Å². The van der Waals surface area contributed by atoms with Crippen molar-refractivity contribution in [1.29, 1.82) is 0 Å². The molecule has 15 heavy (non-hydrogen) atoms. The molecule has 2 rings (SSSR count). The molecule has 0 spiro atoms. The molecule has 1 heterocycles. The van der Waals surface area contributed by atoms with Crippen LogP contribution in [0.5, 0.6) is 0 Å². The SMILES string of the molecule is CCC(F)(F)c1cccc(C2CNC2)c1. The Morgan fingerprint density at radius 3 is 2.67 bits per heavy atom. The maximum Gasteiger partial charge on any atom is 0.273 e. The van der Waals surface area contributed by atoms with Crippen LogP contribution in [0.15, 0.2) is 24.3 Å². The highest BCUT2D eigenvalue weighted by atomic mass is 19.3. The molecule has 0 aromatic heterocycles. The Morgan fingerprint density at radius 1 is 1.40 bits per heavy atom. The van der Waals surface area contributed by atoms with Crippen molar-refractivity contribution < 1.29 is 8.78 Å². The van der Waals surface area contributed by atoms with Gasteiger partial charge < -0.3 is 5.32 Å². The molecule has 0 bridgehead atoms. The molecular formula is C12H15F2N. The Balaban J connectivity index is 2.25. The first-order valence-electron chi connectivity index (χ1n) is 5.32. The summed E-state index contributed by atoms with van der Waals surface area (Å²) in [6.07, 6.45) is -0.140. The monoisotopic (exact) mass is 211 g/mol. The van der Waals surface area contributed by atoms with Gasteiger partial charge >= 0.3 is 0 Å². The largest absolute Gasteiger partial charge is 0.315 e. The van der Waals surface area contributed by atoms with Gasteiger partial charge in [-0.3, -0.25) is 0 Å². The first-order valence-corrected chi connectivity index (χ1v) is 5.32. The first kappa shape index (κ1) is 10.6. The summed E-state index contributed by atoms with van der Waals surface area (Å²) in [4.78, 5) is 0. The lowest BCUT2D eigenvalue weighted by Crippen LogP contribution is -2.39. The van der Waals surface area contributed by atoms with Crippen LogP contribution in [0.3, 0.4) is 0 Å². The fraction of sp³-hybridized carbons (Fsp3) is 0.500. The highest BCUT2D eigenvalue weighted by Crippen LogP contribution is 2.33. The maximum absolute atomic E-state index is 13.4. The fourth-order valence-electron chi connectivity index (χ4n) is 1.75. The Hall–Kier alpha value is -0.960. The number of benzene rings is 1. The molecule has 82 valence electrons.